The van der Waals surface area contributed by atoms with Crippen molar-refractivity contribution in [2.75, 3.05) is 19.6 Å². The van der Waals surface area contributed by atoms with Gasteiger partial charge in [-0.15, -0.1) is 12.4 Å². The molecular weight excluding hydrogens is 342 g/mol. The molecule has 23 heavy (non-hydrogen) atoms. The van der Waals surface area contributed by atoms with Crippen molar-refractivity contribution in [1.29, 1.82) is 0 Å². The quantitative estimate of drug-likeness (QED) is 0.896. The summed E-state index contributed by atoms with van der Waals surface area (Å²) in [6.07, 6.45) is 3.52. The summed E-state index contributed by atoms with van der Waals surface area (Å²) in [4.78, 5) is 18.7. The van der Waals surface area contributed by atoms with Crippen LogP contribution in [0.15, 0.2) is 30.6 Å². The number of rotatable bonds is 2. The number of nitrogens with one attached hydrogen (secondary N) is 1. The average molecular weight is 359 g/mol. The first-order valence-corrected chi connectivity index (χ1v) is 7.39. The zero-order chi connectivity index (χ0) is 15.7. The van der Waals surface area contributed by atoms with Crippen LogP contribution in [0.25, 0.3) is 0 Å². The Balaban J connectivity index is 0.00000192. The number of piperazine rings is 1. The number of imidazole rings is 1. The Labute approximate surface area is 144 Å². The fraction of sp³-hybridized carbons (Fsp3) is 0.333. The van der Waals surface area contributed by atoms with Crippen molar-refractivity contribution in [3.8, 4) is 0 Å². The fourth-order valence-electron chi connectivity index (χ4n) is 2.69. The predicted molar refractivity (Wildman–Crippen MR) is 88.5 cm³/mol. The van der Waals surface area contributed by atoms with Crippen molar-refractivity contribution in [3.63, 3.8) is 0 Å². The monoisotopic (exact) mass is 358 g/mol. The summed E-state index contributed by atoms with van der Waals surface area (Å²) >= 11 is 5.75. The lowest BCUT2D eigenvalue weighted by molar-refractivity contribution is 0.0616. The summed E-state index contributed by atoms with van der Waals surface area (Å²) in [6.45, 7) is 1.76. The second-order valence-corrected chi connectivity index (χ2v) is 5.68. The van der Waals surface area contributed by atoms with Gasteiger partial charge in [0.25, 0.3) is 5.91 Å². The lowest BCUT2D eigenvalue weighted by Gasteiger charge is -2.35. The molecule has 1 aliphatic rings. The maximum absolute atomic E-state index is 14.0. The molecule has 8 heteroatoms. The first-order valence-electron chi connectivity index (χ1n) is 7.02. The number of halogens is 3. The molecule has 0 bridgehead atoms. The molecule has 3 rings (SSSR count). The summed E-state index contributed by atoms with van der Waals surface area (Å²) in [7, 11) is 1.88. The van der Waals surface area contributed by atoms with Crippen LogP contribution in [0, 0.1) is 5.82 Å². The van der Waals surface area contributed by atoms with Crippen LogP contribution in [0.5, 0.6) is 0 Å². The van der Waals surface area contributed by atoms with Gasteiger partial charge in [0.1, 0.15) is 17.7 Å². The van der Waals surface area contributed by atoms with Gasteiger partial charge in [0.05, 0.1) is 5.56 Å². The summed E-state index contributed by atoms with van der Waals surface area (Å²) < 4.78 is 15.9. The van der Waals surface area contributed by atoms with Gasteiger partial charge in [-0.25, -0.2) is 9.37 Å². The third-order valence-corrected chi connectivity index (χ3v) is 4.06. The van der Waals surface area contributed by atoms with Crippen LogP contribution in [0.4, 0.5) is 4.39 Å². The predicted octanol–water partition coefficient (Wildman–Crippen LogP) is 2.42. The highest BCUT2D eigenvalue weighted by Crippen LogP contribution is 2.24. The highest BCUT2D eigenvalue weighted by molar-refractivity contribution is 6.30. The molecule has 1 atom stereocenters. The third kappa shape index (κ3) is 3.49. The van der Waals surface area contributed by atoms with Crippen molar-refractivity contribution in [2.24, 2.45) is 7.05 Å². The molecule has 2 aromatic rings. The highest BCUT2D eigenvalue weighted by atomic mass is 35.5. The number of hydrogen-bond acceptors (Lipinski definition) is 3. The summed E-state index contributed by atoms with van der Waals surface area (Å²) in [5.41, 5.74) is 0.0329. The van der Waals surface area contributed by atoms with Gasteiger partial charge in [0.2, 0.25) is 0 Å². The Bertz CT molecular complexity index is 707. The molecule has 0 saturated carbocycles. The molecule has 1 saturated heterocycles. The van der Waals surface area contributed by atoms with Crippen molar-refractivity contribution in [1.82, 2.24) is 19.8 Å². The number of benzene rings is 1. The second-order valence-electron chi connectivity index (χ2n) is 5.24. The van der Waals surface area contributed by atoms with E-state index in [4.69, 9.17) is 11.6 Å². The van der Waals surface area contributed by atoms with E-state index in [0.29, 0.717) is 19.6 Å². The molecule has 0 radical (unpaired) electrons. The number of carbonyl (C=O) groups is 1. The molecule has 2 heterocycles. The Morgan fingerprint density at radius 3 is 2.91 bits per heavy atom. The standard InChI is InChI=1S/C15H16ClFN4O.ClH/c1-20-6-5-19-14(20)13-9-18-4-7-21(13)15(22)11-3-2-10(16)8-12(11)17;/h2-3,5-6,8,13,18H,4,7,9H2,1H3;1H. The average Bonchev–Trinajstić information content (AvgIpc) is 2.93. The molecule has 1 amide bonds. The van der Waals surface area contributed by atoms with Crippen molar-refractivity contribution in [3.05, 3.63) is 52.8 Å². The molecule has 0 aliphatic carbocycles. The lowest BCUT2D eigenvalue weighted by Crippen LogP contribution is -2.49. The zero-order valence-electron chi connectivity index (χ0n) is 12.5. The normalized spacial score (nSPS) is 17.7. The van der Waals surface area contributed by atoms with Gasteiger partial charge >= 0.3 is 0 Å². The van der Waals surface area contributed by atoms with E-state index in [1.807, 2.05) is 17.8 Å². The minimum atomic E-state index is -0.602. The molecule has 0 spiro atoms. The summed E-state index contributed by atoms with van der Waals surface area (Å²) in [6, 6.07) is 3.89. The molecule has 1 aromatic heterocycles. The van der Waals surface area contributed by atoms with Crippen LogP contribution in [0.1, 0.15) is 22.2 Å². The smallest absolute Gasteiger partial charge is 0.257 e. The molecule has 1 N–H and O–H groups in total. The van der Waals surface area contributed by atoms with Crippen molar-refractivity contribution < 1.29 is 9.18 Å². The van der Waals surface area contributed by atoms with E-state index in [0.717, 1.165) is 11.9 Å². The van der Waals surface area contributed by atoms with Crippen LogP contribution in [0.2, 0.25) is 5.02 Å². The zero-order valence-corrected chi connectivity index (χ0v) is 14.1. The van der Waals surface area contributed by atoms with Gasteiger partial charge in [0.15, 0.2) is 0 Å². The first kappa shape index (κ1) is 17.7. The number of aryl methyl sites for hydroxylation is 1. The van der Waals surface area contributed by atoms with E-state index in [9.17, 15) is 9.18 Å². The van der Waals surface area contributed by atoms with Gasteiger partial charge in [-0.05, 0) is 18.2 Å². The van der Waals surface area contributed by atoms with Crippen molar-refractivity contribution >= 4 is 29.9 Å². The largest absolute Gasteiger partial charge is 0.336 e. The van der Waals surface area contributed by atoms with E-state index in [1.54, 1.807) is 11.1 Å². The number of aromatic nitrogens is 2. The van der Waals surface area contributed by atoms with Crippen molar-refractivity contribution in [2.45, 2.75) is 6.04 Å². The van der Waals surface area contributed by atoms with Gasteiger partial charge in [-0.1, -0.05) is 11.6 Å². The van der Waals surface area contributed by atoms with Crippen LogP contribution in [0.3, 0.4) is 0 Å². The number of amides is 1. The van der Waals surface area contributed by atoms with Crippen LogP contribution >= 0.6 is 24.0 Å². The molecule has 1 unspecified atom stereocenters. The lowest BCUT2D eigenvalue weighted by atomic mass is 10.1. The van der Waals surface area contributed by atoms with E-state index >= 15 is 0 Å². The number of carbonyl (C=O) groups excluding carboxylic acids is 1. The van der Waals surface area contributed by atoms with E-state index < -0.39 is 5.82 Å². The molecule has 1 aliphatic heterocycles. The highest BCUT2D eigenvalue weighted by Gasteiger charge is 2.32. The molecule has 1 fully saturated rings. The number of nitrogens with zero attached hydrogens (tertiary/aromatic N) is 3. The van der Waals surface area contributed by atoms with Crippen LogP contribution in [-0.2, 0) is 7.05 Å². The van der Waals surface area contributed by atoms with Crippen LogP contribution in [-0.4, -0.2) is 40.0 Å². The van der Waals surface area contributed by atoms with Gasteiger partial charge in [-0.3, -0.25) is 4.79 Å². The Kier molecular flexibility index (Phi) is 5.62. The Hall–Kier alpha value is -1.63. The van der Waals surface area contributed by atoms with E-state index in [1.165, 1.54) is 12.1 Å². The minimum Gasteiger partial charge on any atom is -0.336 e. The van der Waals surface area contributed by atoms with E-state index in [-0.39, 0.29) is 34.9 Å². The number of hydrogen-bond donors (Lipinski definition) is 1. The fourth-order valence-corrected chi connectivity index (χ4v) is 2.85. The topological polar surface area (TPSA) is 50.2 Å². The molecule has 5 nitrogen and oxygen atoms in total. The summed E-state index contributed by atoms with van der Waals surface area (Å²) in [5, 5.41) is 3.52. The van der Waals surface area contributed by atoms with Gasteiger partial charge in [-0.2, -0.15) is 0 Å². The summed E-state index contributed by atoms with van der Waals surface area (Å²) in [5.74, 6) is -0.173. The maximum Gasteiger partial charge on any atom is 0.257 e. The van der Waals surface area contributed by atoms with Gasteiger partial charge in [0, 0.05) is 44.1 Å². The molecule has 1 aromatic carbocycles. The Morgan fingerprint density at radius 2 is 2.26 bits per heavy atom. The van der Waals surface area contributed by atoms with E-state index in [2.05, 4.69) is 10.3 Å². The molecule has 124 valence electrons. The maximum atomic E-state index is 14.0. The second kappa shape index (κ2) is 7.29. The van der Waals surface area contributed by atoms with Gasteiger partial charge < -0.3 is 14.8 Å². The molecular formula is C15H17Cl2FN4O. The third-order valence-electron chi connectivity index (χ3n) is 3.82. The SMILES string of the molecule is Cl.Cn1ccnc1C1CNCCN1C(=O)c1ccc(Cl)cc1F. The Morgan fingerprint density at radius 1 is 1.48 bits per heavy atom. The van der Waals surface area contributed by atoms with Crippen LogP contribution < -0.4 is 5.32 Å². The first-order chi connectivity index (χ1) is 10.6. The minimum absolute atomic E-state index is 0.